The third-order valence-electron chi connectivity index (χ3n) is 3.93. The van der Waals surface area contributed by atoms with Crippen LogP contribution in [0.25, 0.3) is 0 Å². The molecule has 0 saturated heterocycles. The van der Waals surface area contributed by atoms with Gasteiger partial charge in [-0.1, -0.05) is 6.42 Å². The van der Waals surface area contributed by atoms with Gasteiger partial charge in [-0.3, -0.25) is 0 Å². The number of hydrogen-bond acceptors (Lipinski definition) is 5. The molecule has 0 aromatic carbocycles. The fourth-order valence-electron chi connectivity index (χ4n) is 2.73. The molecule has 2 aromatic rings. The van der Waals surface area contributed by atoms with Crippen LogP contribution in [0.2, 0.25) is 0 Å². The minimum atomic E-state index is -0.178. The molecule has 0 radical (unpaired) electrons. The van der Waals surface area contributed by atoms with Gasteiger partial charge in [-0.25, -0.2) is 9.78 Å². The predicted molar refractivity (Wildman–Crippen MR) is 88.4 cm³/mol. The largest absolute Gasteiger partial charge is 0.338 e. The number of carbonyl (C=O) groups excluding carboxylic acids is 1. The van der Waals surface area contributed by atoms with Crippen molar-refractivity contribution in [1.82, 2.24) is 30.4 Å². The topological polar surface area (TPSA) is 84.7 Å². The highest BCUT2D eigenvalue weighted by Gasteiger charge is 2.14. The minimum Gasteiger partial charge on any atom is -0.338 e. The summed E-state index contributed by atoms with van der Waals surface area (Å²) in [5.74, 6) is 1.88. The van der Waals surface area contributed by atoms with E-state index in [0.717, 1.165) is 48.2 Å². The molecule has 0 fully saturated rings. The van der Waals surface area contributed by atoms with Crippen molar-refractivity contribution in [3.63, 3.8) is 0 Å². The van der Waals surface area contributed by atoms with Gasteiger partial charge in [0.05, 0.1) is 17.2 Å². The molecule has 0 atom stereocenters. The lowest BCUT2D eigenvalue weighted by Gasteiger charge is -2.09. The fourth-order valence-corrected chi connectivity index (χ4v) is 3.37. The van der Waals surface area contributed by atoms with E-state index in [9.17, 15) is 4.79 Å². The Bertz CT molecular complexity index is 665. The van der Waals surface area contributed by atoms with Crippen molar-refractivity contribution in [2.75, 3.05) is 6.54 Å². The first-order chi connectivity index (χ1) is 11.2. The Balaban J connectivity index is 1.43. The summed E-state index contributed by atoms with van der Waals surface area (Å²) in [6.45, 7) is 3.92. The summed E-state index contributed by atoms with van der Waals surface area (Å²) in [4.78, 5) is 16.2. The van der Waals surface area contributed by atoms with E-state index in [0.29, 0.717) is 13.1 Å². The van der Waals surface area contributed by atoms with Gasteiger partial charge in [-0.05, 0) is 19.8 Å². The number of hydrogen-bond donors (Lipinski definition) is 2. The fraction of sp³-hybridized carbons (Fsp3) is 0.600. The van der Waals surface area contributed by atoms with E-state index in [2.05, 4.69) is 30.4 Å². The summed E-state index contributed by atoms with van der Waals surface area (Å²) in [5, 5.41) is 17.2. The summed E-state index contributed by atoms with van der Waals surface area (Å²) in [5.41, 5.74) is 1.02. The Kier molecular flexibility index (Phi) is 5.22. The van der Waals surface area contributed by atoms with Gasteiger partial charge in [0.2, 0.25) is 0 Å². The van der Waals surface area contributed by atoms with Crippen molar-refractivity contribution >= 4 is 17.4 Å². The van der Waals surface area contributed by atoms with Crippen molar-refractivity contribution in [1.29, 1.82) is 0 Å². The Hall–Kier alpha value is -1.96. The van der Waals surface area contributed by atoms with Crippen molar-refractivity contribution < 1.29 is 4.79 Å². The van der Waals surface area contributed by atoms with E-state index < -0.39 is 0 Å². The number of urea groups is 1. The Morgan fingerprint density at radius 1 is 1.30 bits per heavy atom. The van der Waals surface area contributed by atoms with Crippen LogP contribution < -0.4 is 10.6 Å². The molecule has 2 N–H and O–H groups in total. The van der Waals surface area contributed by atoms with Crippen LogP contribution in [-0.4, -0.2) is 32.3 Å². The summed E-state index contributed by atoms with van der Waals surface area (Å²) in [6.07, 6.45) is 5.27. The number of rotatable bonds is 5. The molecule has 3 heterocycles. The standard InChI is InChI=1S/C15H22N6OS/c1-11-18-12(10-23-11)6-7-16-15(22)17-9-14-20-19-13-5-3-2-4-8-21(13)14/h10H,2-9H2,1H3,(H2,16,17,22). The molecule has 7 nitrogen and oxygen atoms in total. The summed E-state index contributed by atoms with van der Waals surface area (Å²) in [6, 6.07) is -0.178. The van der Waals surface area contributed by atoms with Crippen molar-refractivity contribution in [2.45, 2.75) is 52.1 Å². The first-order valence-electron chi connectivity index (χ1n) is 8.06. The first-order valence-corrected chi connectivity index (χ1v) is 8.94. The SMILES string of the molecule is Cc1nc(CCNC(=O)NCc2nnc3n2CCCCC3)cs1. The van der Waals surface area contributed by atoms with Crippen molar-refractivity contribution in [3.05, 3.63) is 27.7 Å². The van der Waals surface area contributed by atoms with E-state index in [1.807, 2.05) is 12.3 Å². The second kappa shape index (κ2) is 7.54. The van der Waals surface area contributed by atoms with Gasteiger partial charge < -0.3 is 15.2 Å². The van der Waals surface area contributed by atoms with Gasteiger partial charge in [0.1, 0.15) is 5.82 Å². The van der Waals surface area contributed by atoms with Crippen LogP contribution in [0.1, 0.15) is 41.6 Å². The maximum atomic E-state index is 11.9. The second-order valence-corrected chi connectivity index (χ2v) is 6.77. The maximum Gasteiger partial charge on any atom is 0.315 e. The van der Waals surface area contributed by atoms with E-state index in [-0.39, 0.29) is 6.03 Å². The number of nitrogens with zero attached hydrogens (tertiary/aromatic N) is 4. The number of fused-ring (bicyclic) bond motifs is 1. The third kappa shape index (κ3) is 4.28. The minimum absolute atomic E-state index is 0.178. The van der Waals surface area contributed by atoms with Crippen LogP contribution >= 0.6 is 11.3 Å². The molecular weight excluding hydrogens is 312 g/mol. The van der Waals surface area contributed by atoms with Gasteiger partial charge in [-0.2, -0.15) is 0 Å². The number of aromatic nitrogens is 4. The predicted octanol–water partition coefficient (Wildman–Crippen LogP) is 1.81. The molecular formula is C15H22N6OS. The molecule has 124 valence electrons. The third-order valence-corrected chi connectivity index (χ3v) is 4.75. The van der Waals surface area contributed by atoms with Crippen LogP contribution in [0, 0.1) is 6.92 Å². The molecule has 3 rings (SSSR count). The molecule has 23 heavy (non-hydrogen) atoms. The quantitative estimate of drug-likeness (QED) is 0.873. The van der Waals surface area contributed by atoms with Crippen LogP contribution in [0.5, 0.6) is 0 Å². The molecule has 2 amide bonds. The second-order valence-electron chi connectivity index (χ2n) is 5.71. The summed E-state index contributed by atoms with van der Waals surface area (Å²) < 4.78 is 2.14. The molecule has 0 saturated carbocycles. The van der Waals surface area contributed by atoms with E-state index in [1.165, 1.54) is 12.8 Å². The zero-order chi connectivity index (χ0) is 16.1. The molecule has 0 spiro atoms. The molecule has 2 aromatic heterocycles. The van der Waals surface area contributed by atoms with Gasteiger partial charge in [0.25, 0.3) is 0 Å². The van der Waals surface area contributed by atoms with E-state index in [4.69, 9.17) is 0 Å². The number of nitrogens with one attached hydrogen (secondary N) is 2. The summed E-state index contributed by atoms with van der Waals surface area (Å²) >= 11 is 1.63. The van der Waals surface area contributed by atoms with E-state index >= 15 is 0 Å². The van der Waals surface area contributed by atoms with Crippen molar-refractivity contribution in [2.24, 2.45) is 0 Å². The normalized spacial score (nSPS) is 14.1. The lowest BCUT2D eigenvalue weighted by atomic mass is 10.2. The van der Waals surface area contributed by atoms with E-state index in [1.54, 1.807) is 11.3 Å². The summed E-state index contributed by atoms with van der Waals surface area (Å²) in [7, 11) is 0. The average Bonchev–Trinajstić information content (AvgIpc) is 3.04. The molecule has 0 aliphatic carbocycles. The Morgan fingerprint density at radius 3 is 3.04 bits per heavy atom. The highest BCUT2D eigenvalue weighted by molar-refractivity contribution is 7.09. The lowest BCUT2D eigenvalue weighted by Crippen LogP contribution is -2.36. The van der Waals surface area contributed by atoms with Crippen LogP contribution in [0.15, 0.2) is 5.38 Å². The number of aryl methyl sites for hydroxylation is 2. The van der Waals surface area contributed by atoms with Crippen LogP contribution in [0.4, 0.5) is 4.79 Å². The lowest BCUT2D eigenvalue weighted by molar-refractivity contribution is 0.240. The number of thiazole rings is 1. The highest BCUT2D eigenvalue weighted by Crippen LogP contribution is 2.14. The van der Waals surface area contributed by atoms with Crippen molar-refractivity contribution in [3.8, 4) is 0 Å². The van der Waals surface area contributed by atoms with Gasteiger partial charge in [0.15, 0.2) is 5.82 Å². The molecule has 0 bridgehead atoms. The van der Waals surface area contributed by atoms with Crippen LogP contribution in [0.3, 0.4) is 0 Å². The Labute approximate surface area is 139 Å². The molecule has 0 unspecified atom stereocenters. The maximum absolute atomic E-state index is 11.9. The highest BCUT2D eigenvalue weighted by atomic mass is 32.1. The van der Waals surface area contributed by atoms with Gasteiger partial charge >= 0.3 is 6.03 Å². The zero-order valence-corrected chi connectivity index (χ0v) is 14.2. The molecule has 1 aliphatic rings. The number of carbonyl (C=O) groups is 1. The van der Waals surface area contributed by atoms with Crippen LogP contribution in [-0.2, 0) is 25.9 Å². The zero-order valence-electron chi connectivity index (χ0n) is 13.3. The molecule has 8 heteroatoms. The molecule has 1 aliphatic heterocycles. The Morgan fingerprint density at radius 2 is 2.22 bits per heavy atom. The number of amides is 2. The van der Waals surface area contributed by atoms with Gasteiger partial charge in [-0.15, -0.1) is 21.5 Å². The first kappa shape index (κ1) is 15.9. The van der Waals surface area contributed by atoms with Gasteiger partial charge in [0, 0.05) is 31.3 Å². The monoisotopic (exact) mass is 334 g/mol. The average molecular weight is 334 g/mol. The smallest absolute Gasteiger partial charge is 0.315 e.